The average Bonchev–Trinajstić information content (AvgIpc) is 3.01. The van der Waals surface area contributed by atoms with Gasteiger partial charge in [-0.05, 0) is 36.4 Å². The summed E-state index contributed by atoms with van der Waals surface area (Å²) in [5.74, 6) is -0.530. The van der Waals surface area contributed by atoms with Crippen LogP contribution in [0.15, 0.2) is 72.8 Å². The Bertz CT molecular complexity index is 1320. The van der Waals surface area contributed by atoms with E-state index in [0.717, 1.165) is 37.5 Å². The minimum absolute atomic E-state index is 0. The third-order valence-corrected chi connectivity index (χ3v) is 6.73. The Balaban J connectivity index is 0.00000218. The van der Waals surface area contributed by atoms with E-state index in [4.69, 9.17) is 4.98 Å². The first-order chi connectivity index (χ1) is 14.0. The van der Waals surface area contributed by atoms with Crippen molar-refractivity contribution in [2.45, 2.75) is 6.42 Å². The summed E-state index contributed by atoms with van der Waals surface area (Å²) in [5, 5.41) is 5.43. The summed E-state index contributed by atoms with van der Waals surface area (Å²) in [7, 11) is -3.56. The second kappa shape index (κ2) is 7.59. The number of fused-ring (bicyclic) bond motifs is 2. The number of carbonyl (C=O) groups excluding carboxylic acids is 1. The van der Waals surface area contributed by atoms with Crippen molar-refractivity contribution in [3.05, 3.63) is 72.8 Å². The Kier molecular flexibility index (Phi) is 5.09. The van der Waals surface area contributed by atoms with Crippen molar-refractivity contribution in [1.29, 1.82) is 0 Å². The van der Waals surface area contributed by atoms with Crippen molar-refractivity contribution in [3.8, 4) is 0 Å². The zero-order chi connectivity index (χ0) is 20.0. The van der Waals surface area contributed by atoms with Crippen molar-refractivity contribution in [2.75, 3.05) is 15.4 Å². The number of para-hydroxylation sites is 2. The Morgan fingerprint density at radius 2 is 1.40 bits per heavy atom. The van der Waals surface area contributed by atoms with Gasteiger partial charge in [0.25, 0.3) is 0 Å². The van der Waals surface area contributed by atoms with Gasteiger partial charge < -0.3 is 5.32 Å². The highest BCUT2D eigenvalue weighted by molar-refractivity contribution is 7.94. The summed E-state index contributed by atoms with van der Waals surface area (Å²) < 4.78 is 25.1. The van der Waals surface area contributed by atoms with E-state index in [1.807, 2.05) is 48.5 Å². The highest BCUT2D eigenvalue weighted by atomic mass is 35.5. The number of pyridine rings is 1. The lowest BCUT2D eigenvalue weighted by Gasteiger charge is -2.17. The summed E-state index contributed by atoms with van der Waals surface area (Å²) in [6, 6.07) is 22.7. The van der Waals surface area contributed by atoms with Gasteiger partial charge in [0, 0.05) is 22.9 Å². The van der Waals surface area contributed by atoms with Crippen LogP contribution in [0.3, 0.4) is 0 Å². The topological polar surface area (TPSA) is 79.4 Å². The standard InChI is InChI=1S/C22H17N3O3S.ClH/c26-21-13-14-29(27,28)25(21)16-11-9-15(10-12-16)23-22-17-5-1-3-7-19(17)24-20-8-4-2-6-18(20)22;/h1-12H,13-14H2,(H,23,24);1H. The predicted molar refractivity (Wildman–Crippen MR) is 122 cm³/mol. The van der Waals surface area contributed by atoms with E-state index in [1.54, 1.807) is 24.3 Å². The number of anilines is 3. The summed E-state index contributed by atoms with van der Waals surface area (Å²) >= 11 is 0. The van der Waals surface area contributed by atoms with E-state index >= 15 is 0 Å². The molecule has 30 heavy (non-hydrogen) atoms. The quantitative estimate of drug-likeness (QED) is 0.471. The van der Waals surface area contributed by atoms with Gasteiger partial charge in [-0.2, -0.15) is 0 Å². The molecule has 0 unspecified atom stereocenters. The highest BCUT2D eigenvalue weighted by Crippen LogP contribution is 2.34. The molecule has 0 aliphatic carbocycles. The number of benzene rings is 3. The molecule has 152 valence electrons. The SMILES string of the molecule is Cl.O=C1CCS(=O)(=O)N1c1ccc(Nc2c3ccccc3nc3ccccc23)cc1. The maximum Gasteiger partial charge on any atom is 0.242 e. The van der Waals surface area contributed by atoms with Crippen LogP contribution in [-0.2, 0) is 14.8 Å². The third kappa shape index (κ3) is 3.36. The molecule has 0 radical (unpaired) electrons. The van der Waals surface area contributed by atoms with Crippen LogP contribution in [-0.4, -0.2) is 25.1 Å². The molecule has 2 heterocycles. The molecular weight excluding hydrogens is 422 g/mol. The van der Waals surface area contributed by atoms with Crippen molar-refractivity contribution in [3.63, 3.8) is 0 Å². The Labute approximate surface area is 180 Å². The molecule has 1 aliphatic heterocycles. The molecular formula is C22H18ClN3O3S. The van der Waals surface area contributed by atoms with Gasteiger partial charge in [-0.1, -0.05) is 36.4 Å². The fourth-order valence-electron chi connectivity index (χ4n) is 3.67. The Morgan fingerprint density at radius 3 is 1.93 bits per heavy atom. The van der Waals surface area contributed by atoms with E-state index in [-0.39, 0.29) is 24.6 Å². The van der Waals surface area contributed by atoms with Crippen molar-refractivity contribution in [1.82, 2.24) is 4.98 Å². The first-order valence-corrected chi connectivity index (χ1v) is 10.8. The van der Waals surface area contributed by atoms with Crippen LogP contribution in [0.5, 0.6) is 0 Å². The smallest absolute Gasteiger partial charge is 0.242 e. The van der Waals surface area contributed by atoms with Gasteiger partial charge in [-0.3, -0.25) is 4.79 Å². The first kappa shape index (κ1) is 20.1. The second-order valence-corrected chi connectivity index (χ2v) is 8.85. The molecule has 0 spiro atoms. The molecule has 0 atom stereocenters. The van der Waals surface area contributed by atoms with Gasteiger partial charge in [-0.15, -0.1) is 12.4 Å². The van der Waals surface area contributed by atoms with Gasteiger partial charge in [0.15, 0.2) is 0 Å². The van der Waals surface area contributed by atoms with Crippen molar-refractivity contribution < 1.29 is 13.2 Å². The zero-order valence-corrected chi connectivity index (χ0v) is 17.4. The molecule has 5 rings (SSSR count). The number of hydrogen-bond donors (Lipinski definition) is 1. The number of hydrogen-bond acceptors (Lipinski definition) is 5. The number of aromatic nitrogens is 1. The summed E-state index contributed by atoms with van der Waals surface area (Å²) in [6.45, 7) is 0. The monoisotopic (exact) mass is 439 g/mol. The lowest BCUT2D eigenvalue weighted by molar-refractivity contribution is -0.116. The summed E-state index contributed by atoms with van der Waals surface area (Å²) in [5.41, 5.74) is 3.86. The zero-order valence-electron chi connectivity index (χ0n) is 15.8. The third-order valence-electron chi connectivity index (χ3n) is 5.04. The normalized spacial score (nSPS) is 15.3. The maximum atomic E-state index is 12.1. The average molecular weight is 440 g/mol. The minimum atomic E-state index is -3.56. The van der Waals surface area contributed by atoms with Crippen LogP contribution < -0.4 is 9.62 Å². The maximum absolute atomic E-state index is 12.1. The lowest BCUT2D eigenvalue weighted by atomic mass is 10.1. The van der Waals surface area contributed by atoms with Crippen LogP contribution in [0.4, 0.5) is 17.1 Å². The van der Waals surface area contributed by atoms with Gasteiger partial charge >= 0.3 is 0 Å². The molecule has 0 saturated carbocycles. The molecule has 1 saturated heterocycles. The van der Waals surface area contributed by atoms with E-state index in [9.17, 15) is 13.2 Å². The van der Waals surface area contributed by atoms with Crippen LogP contribution >= 0.6 is 12.4 Å². The van der Waals surface area contributed by atoms with Crippen LogP contribution in [0.2, 0.25) is 0 Å². The van der Waals surface area contributed by atoms with E-state index in [2.05, 4.69) is 5.32 Å². The van der Waals surface area contributed by atoms with Crippen molar-refractivity contribution in [2.24, 2.45) is 0 Å². The highest BCUT2D eigenvalue weighted by Gasteiger charge is 2.36. The van der Waals surface area contributed by atoms with E-state index < -0.39 is 15.9 Å². The van der Waals surface area contributed by atoms with Crippen LogP contribution in [0.1, 0.15) is 6.42 Å². The van der Waals surface area contributed by atoms with Crippen LogP contribution in [0, 0.1) is 0 Å². The predicted octanol–water partition coefficient (Wildman–Crippen LogP) is 4.62. The number of rotatable bonds is 3. The molecule has 1 fully saturated rings. The van der Waals surface area contributed by atoms with Gasteiger partial charge in [0.1, 0.15) is 0 Å². The molecule has 1 N–H and O–H groups in total. The largest absolute Gasteiger partial charge is 0.354 e. The Morgan fingerprint density at radius 1 is 0.833 bits per heavy atom. The minimum Gasteiger partial charge on any atom is -0.354 e. The fraction of sp³-hybridized carbons (Fsp3) is 0.0909. The molecule has 1 aliphatic rings. The molecule has 6 nitrogen and oxygen atoms in total. The van der Waals surface area contributed by atoms with Gasteiger partial charge in [0.05, 0.1) is 28.2 Å². The van der Waals surface area contributed by atoms with E-state index in [1.165, 1.54) is 0 Å². The van der Waals surface area contributed by atoms with E-state index in [0.29, 0.717) is 5.69 Å². The van der Waals surface area contributed by atoms with Gasteiger partial charge in [0.2, 0.25) is 15.9 Å². The lowest BCUT2D eigenvalue weighted by Crippen LogP contribution is -2.29. The van der Waals surface area contributed by atoms with Crippen molar-refractivity contribution >= 4 is 67.2 Å². The molecule has 3 aromatic carbocycles. The number of carbonyl (C=O) groups is 1. The Hall–Kier alpha value is -3.16. The second-order valence-electron chi connectivity index (χ2n) is 6.92. The molecule has 4 aromatic rings. The molecule has 1 aromatic heterocycles. The number of halogens is 1. The summed E-state index contributed by atoms with van der Waals surface area (Å²) in [6.07, 6.45) is 0.0251. The van der Waals surface area contributed by atoms with Gasteiger partial charge in [-0.25, -0.2) is 17.7 Å². The molecule has 0 bridgehead atoms. The van der Waals surface area contributed by atoms with Crippen LogP contribution in [0.25, 0.3) is 21.8 Å². The fourth-order valence-corrected chi connectivity index (χ4v) is 5.13. The molecule has 1 amide bonds. The molecule has 8 heteroatoms. The number of amides is 1. The number of nitrogens with one attached hydrogen (secondary N) is 1. The number of sulfonamides is 1. The number of nitrogens with zero attached hydrogens (tertiary/aromatic N) is 2. The first-order valence-electron chi connectivity index (χ1n) is 9.23. The summed E-state index contributed by atoms with van der Waals surface area (Å²) in [4.78, 5) is 16.7.